The summed E-state index contributed by atoms with van der Waals surface area (Å²) in [6.45, 7) is 2.31. The highest BCUT2D eigenvalue weighted by molar-refractivity contribution is 14.1. The molecule has 0 bridgehead atoms. The molecule has 3 atom stereocenters. The van der Waals surface area contributed by atoms with Crippen LogP contribution < -0.4 is 0 Å². The van der Waals surface area contributed by atoms with E-state index < -0.39 is 0 Å². The van der Waals surface area contributed by atoms with Gasteiger partial charge in [-0.3, -0.25) is 0 Å². The van der Waals surface area contributed by atoms with Crippen LogP contribution in [0.3, 0.4) is 0 Å². The summed E-state index contributed by atoms with van der Waals surface area (Å²) >= 11 is 8.66. The summed E-state index contributed by atoms with van der Waals surface area (Å²) in [6, 6.07) is 8.04. The molecule has 1 aromatic rings. The molecule has 1 saturated carbocycles. The van der Waals surface area contributed by atoms with Gasteiger partial charge in [0, 0.05) is 15.0 Å². The zero-order valence-electron chi connectivity index (χ0n) is 10.7. The van der Waals surface area contributed by atoms with Gasteiger partial charge in [-0.2, -0.15) is 0 Å². The normalized spacial score (nSPS) is 25.9. The van der Waals surface area contributed by atoms with Crippen LogP contribution in [0.25, 0.3) is 0 Å². The molecule has 1 nitrogen and oxygen atoms in total. The monoisotopic (exact) mass is 378 g/mol. The molecule has 0 radical (unpaired) electrons. The maximum Gasteiger partial charge on any atom is 0.0932 e. The summed E-state index contributed by atoms with van der Waals surface area (Å²) in [7, 11) is 0. The molecule has 0 heterocycles. The number of halogens is 2. The van der Waals surface area contributed by atoms with E-state index >= 15 is 0 Å². The SMILES string of the molecule is CC1CCCCC1OC(CI)c1ccccc1Cl. The van der Waals surface area contributed by atoms with E-state index in [0.717, 1.165) is 15.0 Å². The third kappa shape index (κ3) is 3.61. The molecule has 2 rings (SSSR count). The van der Waals surface area contributed by atoms with Gasteiger partial charge < -0.3 is 4.74 Å². The van der Waals surface area contributed by atoms with Gasteiger partial charge in [0.1, 0.15) is 0 Å². The summed E-state index contributed by atoms with van der Waals surface area (Å²) in [4.78, 5) is 0. The molecule has 100 valence electrons. The first kappa shape index (κ1) is 14.6. The van der Waals surface area contributed by atoms with E-state index in [0.29, 0.717) is 12.0 Å². The Morgan fingerprint density at radius 2 is 2.06 bits per heavy atom. The van der Waals surface area contributed by atoms with Crippen LogP contribution in [0.5, 0.6) is 0 Å². The van der Waals surface area contributed by atoms with Crippen LogP contribution in [0.15, 0.2) is 24.3 Å². The predicted molar refractivity (Wildman–Crippen MR) is 85.6 cm³/mol. The summed E-state index contributed by atoms with van der Waals surface area (Å²) < 4.78 is 7.28. The van der Waals surface area contributed by atoms with Gasteiger partial charge in [0.15, 0.2) is 0 Å². The van der Waals surface area contributed by atoms with Crippen molar-refractivity contribution in [2.24, 2.45) is 5.92 Å². The highest BCUT2D eigenvalue weighted by Crippen LogP contribution is 2.34. The number of rotatable bonds is 4. The minimum absolute atomic E-state index is 0.129. The summed E-state index contributed by atoms with van der Waals surface area (Å²) in [6.07, 6.45) is 5.66. The zero-order chi connectivity index (χ0) is 13.0. The largest absolute Gasteiger partial charge is 0.369 e. The van der Waals surface area contributed by atoms with E-state index in [1.54, 1.807) is 0 Å². The van der Waals surface area contributed by atoms with Crippen LogP contribution in [0.1, 0.15) is 44.3 Å². The second-order valence-corrected chi connectivity index (χ2v) is 6.39. The Morgan fingerprint density at radius 1 is 1.33 bits per heavy atom. The van der Waals surface area contributed by atoms with Crippen molar-refractivity contribution < 1.29 is 4.74 Å². The van der Waals surface area contributed by atoms with Crippen molar-refractivity contribution in [3.63, 3.8) is 0 Å². The van der Waals surface area contributed by atoms with Gasteiger partial charge in [0.05, 0.1) is 12.2 Å². The van der Waals surface area contributed by atoms with E-state index in [2.05, 4.69) is 35.6 Å². The summed E-state index contributed by atoms with van der Waals surface area (Å²) in [5.41, 5.74) is 1.13. The van der Waals surface area contributed by atoms with Gasteiger partial charge in [-0.25, -0.2) is 0 Å². The lowest BCUT2D eigenvalue weighted by Gasteiger charge is -2.32. The van der Waals surface area contributed by atoms with Gasteiger partial charge in [-0.1, -0.05) is 72.2 Å². The van der Waals surface area contributed by atoms with Crippen LogP contribution in [0, 0.1) is 5.92 Å². The fourth-order valence-corrected chi connectivity index (χ4v) is 3.56. The smallest absolute Gasteiger partial charge is 0.0932 e. The number of hydrogen-bond acceptors (Lipinski definition) is 1. The van der Waals surface area contributed by atoms with Gasteiger partial charge in [-0.05, 0) is 24.8 Å². The number of alkyl halides is 1. The topological polar surface area (TPSA) is 9.23 Å². The van der Waals surface area contributed by atoms with Gasteiger partial charge in [0.2, 0.25) is 0 Å². The maximum atomic E-state index is 6.33. The van der Waals surface area contributed by atoms with Crippen molar-refractivity contribution in [3.8, 4) is 0 Å². The standard InChI is InChI=1S/C15H20ClIO/c1-11-6-2-5-9-14(11)18-15(10-17)12-7-3-4-8-13(12)16/h3-4,7-8,11,14-15H,2,5-6,9-10H2,1H3. The minimum Gasteiger partial charge on any atom is -0.369 e. The third-order valence-electron chi connectivity index (χ3n) is 3.76. The number of benzene rings is 1. The highest BCUT2D eigenvalue weighted by Gasteiger charge is 2.26. The molecule has 1 fully saturated rings. The molecule has 0 spiro atoms. The van der Waals surface area contributed by atoms with Crippen LogP contribution in [0.4, 0.5) is 0 Å². The first-order chi connectivity index (χ1) is 8.72. The van der Waals surface area contributed by atoms with Gasteiger partial charge in [0.25, 0.3) is 0 Å². The average molecular weight is 379 g/mol. The third-order valence-corrected chi connectivity index (χ3v) is 4.91. The molecule has 0 aromatic heterocycles. The summed E-state index contributed by atoms with van der Waals surface area (Å²) in [5.74, 6) is 0.673. The predicted octanol–water partition coefficient (Wildman–Crippen LogP) is 5.41. The molecule has 3 unspecified atom stereocenters. The van der Waals surface area contributed by atoms with Crippen molar-refractivity contribution in [2.45, 2.75) is 44.8 Å². The minimum atomic E-state index is 0.129. The van der Waals surface area contributed by atoms with Crippen LogP contribution >= 0.6 is 34.2 Å². The molecule has 0 amide bonds. The van der Waals surface area contributed by atoms with Crippen LogP contribution in [0.2, 0.25) is 5.02 Å². The van der Waals surface area contributed by atoms with Crippen molar-refractivity contribution in [1.29, 1.82) is 0 Å². The van der Waals surface area contributed by atoms with E-state index in [-0.39, 0.29) is 6.10 Å². The molecule has 3 heteroatoms. The van der Waals surface area contributed by atoms with E-state index in [1.165, 1.54) is 25.7 Å². The van der Waals surface area contributed by atoms with E-state index in [4.69, 9.17) is 16.3 Å². The lowest BCUT2D eigenvalue weighted by molar-refractivity contribution is -0.0461. The van der Waals surface area contributed by atoms with E-state index in [1.807, 2.05) is 18.2 Å². The van der Waals surface area contributed by atoms with Crippen molar-refractivity contribution in [3.05, 3.63) is 34.9 Å². The highest BCUT2D eigenvalue weighted by atomic mass is 127. The van der Waals surface area contributed by atoms with E-state index in [9.17, 15) is 0 Å². The Hall–Kier alpha value is 0.200. The Morgan fingerprint density at radius 3 is 2.72 bits per heavy atom. The fraction of sp³-hybridized carbons (Fsp3) is 0.600. The first-order valence-electron chi connectivity index (χ1n) is 6.68. The number of hydrogen-bond donors (Lipinski definition) is 0. The van der Waals surface area contributed by atoms with Crippen LogP contribution in [-0.4, -0.2) is 10.5 Å². The average Bonchev–Trinajstić information content (AvgIpc) is 2.39. The molecule has 18 heavy (non-hydrogen) atoms. The Labute approximate surface area is 128 Å². The van der Waals surface area contributed by atoms with Crippen molar-refractivity contribution in [2.75, 3.05) is 4.43 Å². The Bertz CT molecular complexity index is 383. The molecule has 0 aliphatic heterocycles. The fourth-order valence-electron chi connectivity index (χ4n) is 2.62. The quantitative estimate of drug-likeness (QED) is 0.503. The second kappa shape index (κ2) is 7.11. The molecular weight excluding hydrogens is 359 g/mol. The maximum absolute atomic E-state index is 6.33. The first-order valence-corrected chi connectivity index (χ1v) is 8.58. The lowest BCUT2D eigenvalue weighted by Crippen LogP contribution is -2.28. The van der Waals surface area contributed by atoms with Crippen molar-refractivity contribution >= 4 is 34.2 Å². The van der Waals surface area contributed by atoms with Gasteiger partial charge in [-0.15, -0.1) is 0 Å². The zero-order valence-corrected chi connectivity index (χ0v) is 13.7. The second-order valence-electron chi connectivity index (χ2n) is 5.10. The Kier molecular flexibility index (Phi) is 5.77. The van der Waals surface area contributed by atoms with Crippen LogP contribution in [-0.2, 0) is 4.74 Å². The van der Waals surface area contributed by atoms with Crippen molar-refractivity contribution in [1.82, 2.24) is 0 Å². The molecule has 1 aliphatic carbocycles. The summed E-state index contributed by atoms with van der Waals surface area (Å²) in [5, 5.41) is 0.822. The lowest BCUT2D eigenvalue weighted by atomic mass is 9.88. The molecular formula is C15H20ClIO. The molecule has 1 aliphatic rings. The molecule has 1 aromatic carbocycles. The molecule has 0 saturated heterocycles. The molecule has 0 N–H and O–H groups in total. The van der Waals surface area contributed by atoms with Gasteiger partial charge >= 0.3 is 0 Å². The number of ether oxygens (including phenoxy) is 1. The Balaban J connectivity index is 2.07.